The number of benzene rings is 9. The molecule has 9 nitrogen and oxygen atoms in total. The highest BCUT2D eigenvalue weighted by molar-refractivity contribution is 8.00. The van der Waals surface area contributed by atoms with E-state index in [2.05, 4.69) is 254 Å². The molecule has 6 aliphatic heterocycles. The monoisotopic (exact) mass is 1190 g/mol. The first kappa shape index (κ1) is 56.6. The molecule has 6 heterocycles. The smallest absolute Gasteiger partial charge is 0.256 e. The van der Waals surface area contributed by atoms with Gasteiger partial charge in [-0.2, -0.15) is 15.8 Å². The first-order valence-corrected chi connectivity index (χ1v) is 33.0. The van der Waals surface area contributed by atoms with Crippen molar-refractivity contribution in [1.29, 1.82) is 15.8 Å². The van der Waals surface area contributed by atoms with Crippen LogP contribution in [-0.2, 0) is 21.7 Å². The highest BCUT2D eigenvalue weighted by atomic mass is 32.2. The van der Waals surface area contributed by atoms with Gasteiger partial charge in [0.15, 0.2) is 0 Å². The number of nitriles is 3. The van der Waals surface area contributed by atoms with Crippen molar-refractivity contribution in [2.45, 2.75) is 105 Å². The van der Waals surface area contributed by atoms with Crippen molar-refractivity contribution < 1.29 is 9.47 Å². The molecule has 0 unspecified atom stereocenters. The van der Waals surface area contributed by atoms with Crippen molar-refractivity contribution in [1.82, 2.24) is 0 Å². The molecule has 89 heavy (non-hydrogen) atoms. The third-order valence-electron chi connectivity index (χ3n) is 19.2. The Bertz CT molecular complexity index is 4730. The van der Waals surface area contributed by atoms with Crippen LogP contribution in [-0.4, -0.2) is 32.6 Å². The summed E-state index contributed by atoms with van der Waals surface area (Å²) in [6, 6.07) is 60.8. The predicted octanol–water partition coefficient (Wildman–Crippen LogP) is 13.3. The summed E-state index contributed by atoms with van der Waals surface area (Å²) in [5, 5.41) is 32.7. The largest absolute Gasteiger partial charge is 0.458 e. The molecule has 0 fully saturated rings. The molecule has 6 aliphatic rings. The molecule has 0 aliphatic carbocycles. The summed E-state index contributed by atoms with van der Waals surface area (Å²) in [6.45, 7) is 26.2. The summed E-state index contributed by atoms with van der Waals surface area (Å²) in [5.74, 6) is 2.93. The fraction of sp³-hybridized carbons (Fsp3) is 0.240. The van der Waals surface area contributed by atoms with E-state index in [-0.39, 0.29) is 41.8 Å². The van der Waals surface area contributed by atoms with E-state index >= 15 is 0 Å². The summed E-state index contributed by atoms with van der Waals surface area (Å²) >= 11 is 3.27. The van der Waals surface area contributed by atoms with Crippen molar-refractivity contribution in [3.63, 3.8) is 0 Å². The Hall–Kier alpha value is -8.86. The topological polar surface area (TPSA) is 103 Å². The van der Waals surface area contributed by atoms with Crippen LogP contribution in [0.5, 0.6) is 23.0 Å². The number of hydrogen-bond donors (Lipinski definition) is 0. The van der Waals surface area contributed by atoms with Crippen LogP contribution >= 0.6 is 23.9 Å². The minimum Gasteiger partial charge on any atom is -0.458 e. The van der Waals surface area contributed by atoms with Gasteiger partial charge in [-0.05, 0) is 202 Å². The van der Waals surface area contributed by atoms with Crippen molar-refractivity contribution in [2.75, 3.05) is 30.9 Å². The quantitative estimate of drug-likeness (QED) is 0.124. The van der Waals surface area contributed by atoms with Crippen LogP contribution in [0.2, 0.25) is 0 Å². The third-order valence-corrected chi connectivity index (χ3v) is 20.7. The van der Waals surface area contributed by atoms with Crippen molar-refractivity contribution in [3.05, 3.63) is 185 Å². The maximum absolute atomic E-state index is 11.3. The van der Waals surface area contributed by atoms with E-state index in [1.807, 2.05) is 24.3 Å². The van der Waals surface area contributed by atoms with Crippen LogP contribution in [0.3, 0.4) is 0 Å². The highest BCUT2D eigenvalue weighted by Gasteiger charge is 2.51. The number of rotatable bonds is 4. The van der Waals surface area contributed by atoms with E-state index in [1.165, 1.54) is 22.3 Å². The summed E-state index contributed by atoms with van der Waals surface area (Å²) in [5.41, 5.74) is 25.6. The molecule has 434 valence electrons. The second-order valence-corrected chi connectivity index (χ2v) is 30.2. The number of fused-ring (bicyclic) bond motifs is 12. The second kappa shape index (κ2) is 19.6. The molecule has 15 rings (SSSR count). The SMILES string of the molecule is CSN1c2cc3c(cc2B2c4cc(C(C)(C)C)ccc4Oc4cc(C#N)cc1c42)B1c2cc4c(cc2N(SC)c2cc(C#N)cc(c21)N3c1ccc(C(C)(C)C)cc1)N(c1ccc(C(C)(C)C)cc1)c1cc(C#N)cc2c1B4c1cc(C(C)(C)C)ccc1O2. The fourth-order valence-electron chi connectivity index (χ4n) is 14.7. The van der Waals surface area contributed by atoms with E-state index in [0.717, 1.165) is 118 Å². The normalized spacial score (nSPS) is 14.5. The second-order valence-electron chi connectivity index (χ2n) is 28.7. The van der Waals surface area contributed by atoms with Crippen molar-refractivity contribution in [3.8, 4) is 41.2 Å². The molecule has 9 aromatic rings. The molecule has 0 atom stereocenters. The molecule has 0 aromatic heterocycles. The van der Waals surface area contributed by atoms with Gasteiger partial charge in [0.25, 0.3) is 20.1 Å². The van der Waals surface area contributed by atoms with Gasteiger partial charge < -0.3 is 19.3 Å². The van der Waals surface area contributed by atoms with Gasteiger partial charge in [0.2, 0.25) is 0 Å². The van der Waals surface area contributed by atoms with Gasteiger partial charge in [0.05, 0.1) is 46.3 Å². The molecule has 0 saturated heterocycles. The van der Waals surface area contributed by atoms with Crippen LogP contribution in [0.1, 0.15) is 122 Å². The van der Waals surface area contributed by atoms with E-state index < -0.39 is 0 Å². The van der Waals surface area contributed by atoms with Gasteiger partial charge in [-0.1, -0.05) is 144 Å². The van der Waals surface area contributed by atoms with Gasteiger partial charge >= 0.3 is 0 Å². The standard InChI is InChI=1S/C75H66B3N7O2S2/c1-72(2,3)45-15-21-49(22-16-45)82-57-37-60-54(78-56-34-48(75(10,11)12)20-26-66(56)87-68-32-44(41-81)30-64(71(68)78)85(60)89-14)35-51(57)76-53-36-52-58(38-59(53)84(88-13)63-29-42(39-79)27-61(82)69(63)76)83(50-23-17-46(18-24-50)73(4,5)6)62-28-43(40-80)31-67-70(62)77(52)55-33-47(74(7,8)9)19-25-65(55)86-67/h15-38H,1-14H3. The van der Waals surface area contributed by atoms with Gasteiger partial charge in [-0.25, -0.2) is 0 Å². The fourth-order valence-corrected chi connectivity index (χ4v) is 16.1. The Balaban J connectivity index is 1.07. The average Bonchev–Trinajstić information content (AvgIpc) is 0.700. The van der Waals surface area contributed by atoms with Crippen molar-refractivity contribution >= 4 is 150 Å². The number of anilines is 10. The Morgan fingerprint density at radius 1 is 0.326 bits per heavy atom. The van der Waals surface area contributed by atoms with Crippen LogP contribution in [0.4, 0.5) is 56.9 Å². The zero-order valence-corrected chi connectivity index (χ0v) is 54.5. The van der Waals surface area contributed by atoms with E-state index in [9.17, 15) is 15.8 Å². The van der Waals surface area contributed by atoms with Crippen molar-refractivity contribution in [2.24, 2.45) is 0 Å². The summed E-state index contributed by atoms with van der Waals surface area (Å²) in [7, 11) is 0. The molecular weight excluding hydrogens is 1130 g/mol. The highest BCUT2D eigenvalue weighted by Crippen LogP contribution is 2.50. The average molecular weight is 1190 g/mol. The zero-order chi connectivity index (χ0) is 62.3. The molecule has 9 aromatic carbocycles. The Kier molecular flexibility index (Phi) is 12.5. The number of nitrogens with zero attached hydrogens (tertiary/aromatic N) is 7. The molecule has 0 amide bonds. The van der Waals surface area contributed by atoms with E-state index in [1.54, 1.807) is 23.9 Å². The maximum atomic E-state index is 11.3. The molecular formula is C75H66B3N7O2S2. The third kappa shape index (κ3) is 8.52. The Labute approximate surface area is 533 Å². The molecule has 14 heteroatoms. The van der Waals surface area contributed by atoms with Crippen LogP contribution in [0.25, 0.3) is 0 Å². The summed E-state index contributed by atoms with van der Waals surface area (Å²) < 4.78 is 18.6. The van der Waals surface area contributed by atoms with Crippen LogP contribution in [0, 0.1) is 34.0 Å². The van der Waals surface area contributed by atoms with Crippen LogP contribution in [0.15, 0.2) is 146 Å². The minimum absolute atomic E-state index is 0.0805. The molecule has 0 bridgehead atoms. The number of hydrogen-bond acceptors (Lipinski definition) is 11. The van der Waals surface area contributed by atoms with E-state index in [0.29, 0.717) is 28.2 Å². The van der Waals surface area contributed by atoms with E-state index in [4.69, 9.17) is 9.47 Å². The first-order chi connectivity index (χ1) is 42.4. The number of ether oxygens (including phenoxy) is 2. The Morgan fingerprint density at radius 2 is 0.652 bits per heavy atom. The van der Waals surface area contributed by atoms with Gasteiger partial charge in [-0.15, -0.1) is 0 Å². The van der Waals surface area contributed by atoms with Gasteiger partial charge in [0.1, 0.15) is 23.0 Å². The zero-order valence-electron chi connectivity index (χ0n) is 52.9. The van der Waals surface area contributed by atoms with Gasteiger partial charge in [0, 0.05) is 58.0 Å². The Morgan fingerprint density at radius 3 is 1.03 bits per heavy atom. The first-order valence-electron chi connectivity index (χ1n) is 30.6. The lowest BCUT2D eigenvalue weighted by Gasteiger charge is -2.46. The molecule has 0 spiro atoms. The lowest BCUT2D eigenvalue weighted by molar-refractivity contribution is 0.486. The lowest BCUT2D eigenvalue weighted by Crippen LogP contribution is -2.66. The van der Waals surface area contributed by atoms with Crippen LogP contribution < -0.4 is 77.0 Å². The molecule has 0 radical (unpaired) electrons. The lowest BCUT2D eigenvalue weighted by atomic mass is 9.29. The summed E-state index contributed by atoms with van der Waals surface area (Å²) in [6.07, 6.45) is 4.24. The van der Waals surface area contributed by atoms with Gasteiger partial charge in [-0.3, -0.25) is 8.61 Å². The summed E-state index contributed by atoms with van der Waals surface area (Å²) in [4.78, 5) is 4.76. The predicted molar refractivity (Wildman–Crippen MR) is 376 cm³/mol. The maximum Gasteiger partial charge on any atom is 0.256 e. The minimum atomic E-state index is -0.340. The molecule has 0 saturated carbocycles. The molecule has 0 N–H and O–H groups in total.